The standard InChI is InChI=1S/C20H21N5O2/c21-13-14-7-1-2-8-15(14)22-19(26)18-23-17(16-9-3-4-12-25(16)18)20(27)24-10-5-6-11-24/h1-2,7-8H,3-6,9-12H2,(H,22,26). The van der Waals surface area contributed by atoms with Crippen molar-refractivity contribution in [3.05, 3.63) is 47.0 Å². The van der Waals surface area contributed by atoms with E-state index in [0.717, 1.165) is 50.9 Å². The van der Waals surface area contributed by atoms with Gasteiger partial charge in [-0.25, -0.2) is 4.98 Å². The molecular formula is C20H21N5O2. The Morgan fingerprint density at radius 2 is 1.81 bits per heavy atom. The Hall–Kier alpha value is -3.14. The number of rotatable bonds is 3. The largest absolute Gasteiger partial charge is 0.337 e. The molecule has 0 saturated carbocycles. The average Bonchev–Trinajstić information content (AvgIpc) is 3.36. The number of likely N-dealkylation sites (tertiary alicyclic amines) is 1. The van der Waals surface area contributed by atoms with E-state index in [-0.39, 0.29) is 17.6 Å². The van der Waals surface area contributed by atoms with E-state index in [2.05, 4.69) is 16.4 Å². The van der Waals surface area contributed by atoms with E-state index in [1.54, 1.807) is 24.3 Å². The highest BCUT2D eigenvalue weighted by atomic mass is 16.2. The number of amides is 2. The molecule has 7 heteroatoms. The van der Waals surface area contributed by atoms with E-state index in [0.29, 0.717) is 23.5 Å². The molecule has 2 aliphatic heterocycles. The lowest BCUT2D eigenvalue weighted by atomic mass is 10.1. The monoisotopic (exact) mass is 363 g/mol. The van der Waals surface area contributed by atoms with Gasteiger partial charge in [0.25, 0.3) is 11.8 Å². The first-order chi connectivity index (χ1) is 13.2. The van der Waals surface area contributed by atoms with Gasteiger partial charge in [0.15, 0.2) is 5.82 Å². The van der Waals surface area contributed by atoms with Crippen LogP contribution in [0.5, 0.6) is 0 Å². The van der Waals surface area contributed by atoms with Crippen molar-refractivity contribution in [3.63, 3.8) is 0 Å². The Bertz CT molecular complexity index is 934. The van der Waals surface area contributed by atoms with E-state index in [1.807, 2.05) is 9.47 Å². The Morgan fingerprint density at radius 1 is 1.07 bits per heavy atom. The summed E-state index contributed by atoms with van der Waals surface area (Å²) in [7, 11) is 0. The molecule has 0 atom stereocenters. The van der Waals surface area contributed by atoms with E-state index in [1.165, 1.54) is 0 Å². The Labute approximate surface area is 157 Å². The lowest BCUT2D eigenvalue weighted by Gasteiger charge is -2.19. The number of benzene rings is 1. The second kappa shape index (κ2) is 7.23. The number of hydrogen-bond acceptors (Lipinski definition) is 4. The second-order valence-electron chi connectivity index (χ2n) is 6.95. The maximum Gasteiger partial charge on any atom is 0.291 e. The predicted octanol–water partition coefficient (Wildman–Crippen LogP) is 2.58. The molecule has 27 heavy (non-hydrogen) atoms. The minimum atomic E-state index is -0.388. The van der Waals surface area contributed by atoms with Crippen LogP contribution in [0.15, 0.2) is 24.3 Å². The van der Waals surface area contributed by atoms with Crippen molar-refractivity contribution in [2.24, 2.45) is 0 Å². The molecule has 1 aromatic heterocycles. The SMILES string of the molecule is N#Cc1ccccc1NC(=O)c1nc(C(=O)N2CCCC2)c2n1CCCC2. The summed E-state index contributed by atoms with van der Waals surface area (Å²) in [5, 5.41) is 12.0. The molecule has 0 spiro atoms. The van der Waals surface area contributed by atoms with Gasteiger partial charge >= 0.3 is 0 Å². The zero-order valence-corrected chi connectivity index (χ0v) is 15.1. The number of carbonyl (C=O) groups excluding carboxylic acids is 2. The number of nitrogens with zero attached hydrogens (tertiary/aromatic N) is 4. The number of aromatic nitrogens is 2. The highest BCUT2D eigenvalue weighted by Gasteiger charge is 2.30. The molecule has 0 unspecified atom stereocenters. The molecule has 2 aromatic rings. The molecule has 7 nitrogen and oxygen atoms in total. The van der Waals surface area contributed by atoms with E-state index >= 15 is 0 Å². The number of nitrogens with one attached hydrogen (secondary N) is 1. The van der Waals surface area contributed by atoms with Crippen LogP contribution in [0.2, 0.25) is 0 Å². The number of para-hydroxylation sites is 1. The van der Waals surface area contributed by atoms with Gasteiger partial charge in [-0.3, -0.25) is 9.59 Å². The van der Waals surface area contributed by atoms with Gasteiger partial charge in [-0.15, -0.1) is 0 Å². The molecule has 1 fully saturated rings. The van der Waals surface area contributed by atoms with Crippen LogP contribution < -0.4 is 5.32 Å². The zero-order chi connectivity index (χ0) is 18.8. The third kappa shape index (κ3) is 3.19. The topological polar surface area (TPSA) is 91.0 Å². The highest BCUT2D eigenvalue weighted by Crippen LogP contribution is 2.24. The number of imidazole rings is 1. The quantitative estimate of drug-likeness (QED) is 0.907. The summed E-state index contributed by atoms with van der Waals surface area (Å²) in [5.74, 6) is -0.212. The summed E-state index contributed by atoms with van der Waals surface area (Å²) in [6, 6.07) is 8.92. The van der Waals surface area contributed by atoms with Crippen LogP contribution in [0.3, 0.4) is 0 Å². The van der Waals surface area contributed by atoms with Gasteiger partial charge < -0.3 is 14.8 Å². The minimum Gasteiger partial charge on any atom is -0.337 e. The Balaban J connectivity index is 1.67. The lowest BCUT2D eigenvalue weighted by Crippen LogP contribution is -2.29. The summed E-state index contributed by atoms with van der Waals surface area (Å²) in [6.07, 6.45) is 4.73. The molecule has 4 rings (SSSR count). The van der Waals surface area contributed by atoms with E-state index < -0.39 is 0 Å². The van der Waals surface area contributed by atoms with Gasteiger partial charge in [-0.1, -0.05) is 12.1 Å². The second-order valence-corrected chi connectivity index (χ2v) is 6.95. The van der Waals surface area contributed by atoms with Crippen molar-refractivity contribution >= 4 is 17.5 Å². The third-order valence-corrected chi connectivity index (χ3v) is 5.21. The Morgan fingerprint density at radius 3 is 2.59 bits per heavy atom. The van der Waals surface area contributed by atoms with Gasteiger partial charge in [0.05, 0.1) is 16.9 Å². The van der Waals surface area contributed by atoms with Crippen molar-refractivity contribution in [2.45, 2.75) is 38.6 Å². The molecule has 0 radical (unpaired) electrons. The molecule has 2 aliphatic rings. The third-order valence-electron chi connectivity index (χ3n) is 5.21. The summed E-state index contributed by atoms with van der Waals surface area (Å²) in [5.41, 5.74) is 2.11. The first-order valence-electron chi connectivity index (χ1n) is 9.38. The Kier molecular flexibility index (Phi) is 4.63. The fourth-order valence-corrected chi connectivity index (χ4v) is 3.83. The van der Waals surface area contributed by atoms with Crippen LogP contribution in [0.4, 0.5) is 5.69 Å². The zero-order valence-electron chi connectivity index (χ0n) is 15.1. The molecular weight excluding hydrogens is 342 g/mol. The molecule has 1 N–H and O–H groups in total. The van der Waals surface area contributed by atoms with Gasteiger partial charge in [-0.2, -0.15) is 5.26 Å². The minimum absolute atomic E-state index is 0.0744. The molecule has 3 heterocycles. The summed E-state index contributed by atoms with van der Waals surface area (Å²) >= 11 is 0. The molecule has 0 bridgehead atoms. The van der Waals surface area contributed by atoms with Gasteiger partial charge in [0.1, 0.15) is 11.8 Å². The molecule has 138 valence electrons. The van der Waals surface area contributed by atoms with Crippen LogP contribution >= 0.6 is 0 Å². The first kappa shape index (κ1) is 17.3. The van der Waals surface area contributed by atoms with Crippen molar-refractivity contribution < 1.29 is 9.59 Å². The number of nitriles is 1. The van der Waals surface area contributed by atoms with Crippen LogP contribution in [-0.4, -0.2) is 39.4 Å². The first-order valence-corrected chi connectivity index (χ1v) is 9.38. The average molecular weight is 363 g/mol. The van der Waals surface area contributed by atoms with Crippen molar-refractivity contribution in [1.82, 2.24) is 14.5 Å². The predicted molar refractivity (Wildman–Crippen MR) is 99.4 cm³/mol. The van der Waals surface area contributed by atoms with Crippen molar-refractivity contribution in [3.8, 4) is 6.07 Å². The molecule has 0 aliphatic carbocycles. The van der Waals surface area contributed by atoms with Crippen molar-refractivity contribution in [1.29, 1.82) is 5.26 Å². The summed E-state index contributed by atoms with van der Waals surface area (Å²) < 4.78 is 1.87. The number of fused-ring (bicyclic) bond motifs is 1. The fraction of sp³-hybridized carbons (Fsp3) is 0.400. The smallest absolute Gasteiger partial charge is 0.291 e. The number of hydrogen-bond donors (Lipinski definition) is 1. The van der Waals surface area contributed by atoms with E-state index in [9.17, 15) is 14.9 Å². The number of carbonyl (C=O) groups is 2. The van der Waals surface area contributed by atoms with Gasteiger partial charge in [0.2, 0.25) is 0 Å². The van der Waals surface area contributed by atoms with Crippen LogP contribution in [0.1, 0.15) is 58.0 Å². The van der Waals surface area contributed by atoms with Crippen LogP contribution in [0.25, 0.3) is 0 Å². The maximum atomic E-state index is 12.9. The summed E-state index contributed by atoms with van der Waals surface area (Å²) in [4.78, 5) is 32.1. The fourth-order valence-electron chi connectivity index (χ4n) is 3.83. The molecule has 1 aromatic carbocycles. The van der Waals surface area contributed by atoms with Crippen LogP contribution in [0, 0.1) is 11.3 Å². The lowest BCUT2D eigenvalue weighted by molar-refractivity contribution is 0.0786. The van der Waals surface area contributed by atoms with Crippen LogP contribution in [-0.2, 0) is 13.0 Å². The van der Waals surface area contributed by atoms with Crippen molar-refractivity contribution in [2.75, 3.05) is 18.4 Å². The summed E-state index contributed by atoms with van der Waals surface area (Å²) in [6.45, 7) is 2.18. The molecule has 1 saturated heterocycles. The van der Waals surface area contributed by atoms with Gasteiger partial charge in [-0.05, 0) is 44.2 Å². The molecule has 2 amide bonds. The number of anilines is 1. The maximum absolute atomic E-state index is 12.9. The highest BCUT2D eigenvalue weighted by molar-refractivity contribution is 6.04. The normalized spacial score (nSPS) is 15.9. The van der Waals surface area contributed by atoms with E-state index in [4.69, 9.17) is 0 Å². The van der Waals surface area contributed by atoms with Gasteiger partial charge in [0, 0.05) is 19.6 Å².